The maximum atomic E-state index is 3.51. The molecular weight excluding hydrogens is 244 g/mol. The largest absolute Gasteiger partial charge is 0.383 e. The van der Waals surface area contributed by atoms with Gasteiger partial charge in [0.2, 0.25) is 0 Å². The van der Waals surface area contributed by atoms with Crippen molar-refractivity contribution < 1.29 is 0 Å². The second kappa shape index (κ2) is 6.99. The lowest BCUT2D eigenvalue weighted by molar-refractivity contribution is 0.835. The fraction of sp³-hybridized carbons (Fsp3) is 0.333. The number of benzene rings is 2. The first-order valence-electron chi connectivity index (χ1n) is 7.32. The standard InChI is InChI=1S/C18H24N2/c1-4-20(18-8-6-5-7-9-18)13-12-19-17-11-10-15(2)16(3)14-17/h5-11,14,19H,4,12-13H2,1-3H3. The summed E-state index contributed by atoms with van der Waals surface area (Å²) in [5.41, 5.74) is 5.18. The highest BCUT2D eigenvalue weighted by Crippen LogP contribution is 2.15. The zero-order valence-corrected chi connectivity index (χ0v) is 12.7. The Balaban J connectivity index is 1.89. The summed E-state index contributed by atoms with van der Waals surface area (Å²) < 4.78 is 0. The highest BCUT2D eigenvalue weighted by Gasteiger charge is 2.03. The number of hydrogen-bond donors (Lipinski definition) is 1. The quantitative estimate of drug-likeness (QED) is 0.843. The van der Waals surface area contributed by atoms with E-state index in [4.69, 9.17) is 0 Å². The lowest BCUT2D eigenvalue weighted by atomic mass is 10.1. The van der Waals surface area contributed by atoms with Gasteiger partial charge in [0.05, 0.1) is 0 Å². The molecule has 0 aliphatic carbocycles. The Morgan fingerprint density at radius 1 is 0.950 bits per heavy atom. The first-order chi connectivity index (χ1) is 9.70. The molecule has 0 aromatic heterocycles. The fourth-order valence-electron chi connectivity index (χ4n) is 2.30. The van der Waals surface area contributed by atoms with Crippen molar-refractivity contribution in [1.29, 1.82) is 0 Å². The van der Waals surface area contributed by atoms with Gasteiger partial charge in [0, 0.05) is 31.0 Å². The van der Waals surface area contributed by atoms with E-state index >= 15 is 0 Å². The van der Waals surface area contributed by atoms with E-state index < -0.39 is 0 Å². The third-order valence-corrected chi connectivity index (χ3v) is 3.72. The van der Waals surface area contributed by atoms with Crippen LogP contribution in [0.15, 0.2) is 48.5 Å². The lowest BCUT2D eigenvalue weighted by Crippen LogP contribution is -2.28. The third kappa shape index (κ3) is 3.77. The normalized spacial score (nSPS) is 10.3. The molecule has 0 aliphatic heterocycles. The van der Waals surface area contributed by atoms with E-state index in [1.165, 1.54) is 22.5 Å². The van der Waals surface area contributed by atoms with Gasteiger partial charge in [0.25, 0.3) is 0 Å². The number of aryl methyl sites for hydroxylation is 2. The molecule has 20 heavy (non-hydrogen) atoms. The molecule has 0 amide bonds. The molecule has 2 nitrogen and oxygen atoms in total. The van der Waals surface area contributed by atoms with E-state index in [0.29, 0.717) is 0 Å². The second-order valence-corrected chi connectivity index (χ2v) is 5.14. The number of para-hydroxylation sites is 1. The number of nitrogens with one attached hydrogen (secondary N) is 1. The molecule has 2 heteroatoms. The minimum Gasteiger partial charge on any atom is -0.383 e. The van der Waals surface area contributed by atoms with Crippen LogP contribution in [0, 0.1) is 13.8 Å². The molecule has 2 rings (SSSR count). The molecule has 0 bridgehead atoms. The number of likely N-dealkylation sites (N-methyl/N-ethyl adjacent to an activating group) is 1. The van der Waals surface area contributed by atoms with Gasteiger partial charge in [-0.1, -0.05) is 24.3 Å². The van der Waals surface area contributed by atoms with Crippen LogP contribution < -0.4 is 10.2 Å². The van der Waals surface area contributed by atoms with Gasteiger partial charge in [-0.25, -0.2) is 0 Å². The summed E-state index contributed by atoms with van der Waals surface area (Å²) in [4.78, 5) is 2.38. The molecular formula is C18H24N2. The molecule has 0 heterocycles. The molecule has 0 spiro atoms. The van der Waals surface area contributed by atoms with Gasteiger partial charge < -0.3 is 10.2 Å². The Morgan fingerprint density at radius 2 is 1.70 bits per heavy atom. The first kappa shape index (κ1) is 14.4. The average molecular weight is 268 g/mol. The Kier molecular flexibility index (Phi) is 5.05. The maximum absolute atomic E-state index is 3.51. The van der Waals surface area contributed by atoms with Crippen molar-refractivity contribution in [2.24, 2.45) is 0 Å². The van der Waals surface area contributed by atoms with E-state index in [1.54, 1.807) is 0 Å². The predicted molar refractivity (Wildman–Crippen MR) is 88.7 cm³/mol. The average Bonchev–Trinajstić information content (AvgIpc) is 2.48. The maximum Gasteiger partial charge on any atom is 0.0366 e. The van der Waals surface area contributed by atoms with Crippen LogP contribution in [0.5, 0.6) is 0 Å². The van der Waals surface area contributed by atoms with Gasteiger partial charge in [-0.2, -0.15) is 0 Å². The summed E-state index contributed by atoms with van der Waals surface area (Å²) in [5.74, 6) is 0. The molecule has 0 aliphatic rings. The minimum atomic E-state index is 0.950. The molecule has 1 N–H and O–H groups in total. The van der Waals surface area contributed by atoms with Gasteiger partial charge in [0.15, 0.2) is 0 Å². The molecule has 0 fully saturated rings. The van der Waals surface area contributed by atoms with Crippen LogP contribution in [0.25, 0.3) is 0 Å². The smallest absolute Gasteiger partial charge is 0.0366 e. The van der Waals surface area contributed by atoms with E-state index in [0.717, 1.165) is 19.6 Å². The molecule has 2 aromatic rings. The SMILES string of the molecule is CCN(CCNc1ccc(C)c(C)c1)c1ccccc1. The highest BCUT2D eigenvalue weighted by atomic mass is 15.1. The first-order valence-corrected chi connectivity index (χ1v) is 7.32. The van der Waals surface area contributed by atoms with E-state index in [9.17, 15) is 0 Å². The predicted octanol–water partition coefficient (Wildman–Crippen LogP) is 4.24. The van der Waals surface area contributed by atoms with E-state index in [-0.39, 0.29) is 0 Å². The van der Waals surface area contributed by atoms with Crippen LogP contribution in [0.2, 0.25) is 0 Å². The molecule has 2 aromatic carbocycles. The summed E-state index contributed by atoms with van der Waals surface area (Å²) in [7, 11) is 0. The number of nitrogens with zero attached hydrogens (tertiary/aromatic N) is 1. The van der Waals surface area contributed by atoms with E-state index in [2.05, 4.69) is 79.5 Å². The van der Waals surface area contributed by atoms with Crippen LogP contribution in [0.1, 0.15) is 18.1 Å². The van der Waals surface area contributed by atoms with Crippen LogP contribution in [0.3, 0.4) is 0 Å². The van der Waals surface area contributed by atoms with Crippen molar-refractivity contribution in [3.63, 3.8) is 0 Å². The summed E-state index contributed by atoms with van der Waals surface area (Å²) >= 11 is 0. The molecule has 106 valence electrons. The minimum absolute atomic E-state index is 0.950. The summed E-state index contributed by atoms with van der Waals surface area (Å²) in [6.45, 7) is 9.48. The van der Waals surface area contributed by atoms with Gasteiger partial charge in [-0.15, -0.1) is 0 Å². The lowest BCUT2D eigenvalue weighted by Gasteiger charge is -2.23. The second-order valence-electron chi connectivity index (χ2n) is 5.14. The van der Waals surface area contributed by atoms with Crippen molar-refractivity contribution >= 4 is 11.4 Å². The molecule has 0 saturated carbocycles. The van der Waals surface area contributed by atoms with Gasteiger partial charge in [-0.3, -0.25) is 0 Å². The van der Waals surface area contributed by atoms with Crippen LogP contribution in [-0.4, -0.2) is 19.6 Å². The van der Waals surface area contributed by atoms with Crippen molar-refractivity contribution in [2.45, 2.75) is 20.8 Å². The van der Waals surface area contributed by atoms with Crippen molar-refractivity contribution in [3.05, 3.63) is 59.7 Å². The molecule has 0 radical (unpaired) electrons. The van der Waals surface area contributed by atoms with Crippen molar-refractivity contribution in [3.8, 4) is 0 Å². The Bertz CT molecular complexity index is 534. The van der Waals surface area contributed by atoms with Crippen LogP contribution in [-0.2, 0) is 0 Å². The highest BCUT2D eigenvalue weighted by molar-refractivity contribution is 5.49. The zero-order chi connectivity index (χ0) is 14.4. The number of rotatable bonds is 6. The van der Waals surface area contributed by atoms with Crippen molar-refractivity contribution in [1.82, 2.24) is 0 Å². The monoisotopic (exact) mass is 268 g/mol. The van der Waals surface area contributed by atoms with E-state index in [1.807, 2.05) is 0 Å². The Morgan fingerprint density at radius 3 is 2.35 bits per heavy atom. The Hall–Kier alpha value is -1.96. The van der Waals surface area contributed by atoms with Crippen molar-refractivity contribution in [2.75, 3.05) is 29.9 Å². The summed E-state index contributed by atoms with van der Waals surface area (Å²) in [6.07, 6.45) is 0. The molecule has 0 saturated heterocycles. The number of hydrogen-bond acceptors (Lipinski definition) is 2. The summed E-state index contributed by atoms with van der Waals surface area (Å²) in [5, 5.41) is 3.51. The van der Waals surface area contributed by atoms with Crippen LogP contribution >= 0.6 is 0 Å². The van der Waals surface area contributed by atoms with Crippen LogP contribution in [0.4, 0.5) is 11.4 Å². The molecule has 0 unspecified atom stereocenters. The fourth-order valence-corrected chi connectivity index (χ4v) is 2.30. The van der Waals surface area contributed by atoms with Gasteiger partial charge in [-0.05, 0) is 56.2 Å². The topological polar surface area (TPSA) is 15.3 Å². The van der Waals surface area contributed by atoms with Gasteiger partial charge in [0.1, 0.15) is 0 Å². The zero-order valence-electron chi connectivity index (χ0n) is 12.7. The third-order valence-electron chi connectivity index (χ3n) is 3.72. The van der Waals surface area contributed by atoms with Gasteiger partial charge >= 0.3 is 0 Å². The molecule has 0 atom stereocenters. The summed E-state index contributed by atoms with van der Waals surface area (Å²) in [6, 6.07) is 17.1. The number of anilines is 2. The Labute approximate surface area is 122 Å².